The zero-order valence-corrected chi connectivity index (χ0v) is 15.6. The van der Waals surface area contributed by atoms with Crippen LogP contribution in [0, 0.1) is 0 Å². The van der Waals surface area contributed by atoms with Crippen molar-refractivity contribution in [2.24, 2.45) is 0 Å². The van der Waals surface area contributed by atoms with E-state index in [-0.39, 0.29) is 24.1 Å². The quantitative estimate of drug-likeness (QED) is 0.810. The smallest absolute Gasteiger partial charge is 0.254 e. The summed E-state index contributed by atoms with van der Waals surface area (Å²) in [5, 5.41) is 0. The van der Waals surface area contributed by atoms with E-state index in [1.165, 1.54) is 0 Å². The van der Waals surface area contributed by atoms with Crippen molar-refractivity contribution >= 4 is 5.91 Å². The molecule has 2 fully saturated rings. The van der Waals surface area contributed by atoms with Crippen LogP contribution >= 0.6 is 0 Å². The number of hydrogen-bond acceptors (Lipinski definition) is 5. The monoisotopic (exact) mass is 368 g/mol. The fraction of sp³-hybridized carbons (Fsp3) is 0.429. The highest BCUT2D eigenvalue weighted by Gasteiger charge is 2.44. The van der Waals surface area contributed by atoms with Gasteiger partial charge in [0.05, 0.1) is 14.2 Å². The second-order valence-electron chi connectivity index (χ2n) is 7.08. The van der Waals surface area contributed by atoms with Gasteiger partial charge < -0.3 is 19.1 Å². The van der Waals surface area contributed by atoms with Gasteiger partial charge in [-0.1, -0.05) is 6.07 Å². The van der Waals surface area contributed by atoms with E-state index in [1.54, 1.807) is 38.6 Å². The molecule has 2 bridgehead atoms. The predicted molar refractivity (Wildman–Crippen MR) is 100 cm³/mol. The minimum atomic E-state index is 0.0380. The normalized spacial score (nSPS) is 23.8. The van der Waals surface area contributed by atoms with Crippen LogP contribution in [-0.4, -0.2) is 48.2 Å². The number of amides is 1. The van der Waals surface area contributed by atoms with Crippen LogP contribution in [0.25, 0.3) is 0 Å². The highest BCUT2D eigenvalue weighted by Crippen LogP contribution is 2.38. The predicted octanol–water partition coefficient (Wildman–Crippen LogP) is 3.31. The lowest BCUT2D eigenvalue weighted by atomic mass is 9.98. The Bertz CT molecular complexity index is 775. The minimum absolute atomic E-state index is 0.0380. The SMILES string of the molecule is COc1cc(OC)cc(C(=O)N2C3CCC2CC(Oc2ccccn2)C3)c1. The van der Waals surface area contributed by atoms with Crippen LogP contribution in [0.2, 0.25) is 0 Å². The third kappa shape index (κ3) is 3.56. The Morgan fingerprint density at radius 3 is 2.26 bits per heavy atom. The average molecular weight is 368 g/mol. The zero-order valence-electron chi connectivity index (χ0n) is 15.6. The van der Waals surface area contributed by atoms with Crippen LogP contribution in [0.5, 0.6) is 17.4 Å². The first-order valence-corrected chi connectivity index (χ1v) is 9.31. The second-order valence-corrected chi connectivity index (χ2v) is 7.08. The molecule has 2 atom stereocenters. The Morgan fingerprint density at radius 1 is 1.04 bits per heavy atom. The number of carbonyl (C=O) groups excluding carboxylic acids is 1. The molecule has 142 valence electrons. The number of methoxy groups -OCH3 is 2. The molecule has 1 amide bonds. The highest BCUT2D eigenvalue weighted by molar-refractivity contribution is 5.95. The van der Waals surface area contributed by atoms with Crippen molar-refractivity contribution in [2.75, 3.05) is 14.2 Å². The molecule has 6 nitrogen and oxygen atoms in total. The summed E-state index contributed by atoms with van der Waals surface area (Å²) in [4.78, 5) is 19.5. The lowest BCUT2D eigenvalue weighted by Crippen LogP contribution is -2.49. The summed E-state index contributed by atoms with van der Waals surface area (Å²) < 4.78 is 16.7. The molecular weight excluding hydrogens is 344 g/mol. The Morgan fingerprint density at radius 2 is 1.70 bits per heavy atom. The van der Waals surface area contributed by atoms with Gasteiger partial charge >= 0.3 is 0 Å². The summed E-state index contributed by atoms with van der Waals surface area (Å²) in [6.45, 7) is 0. The molecule has 0 N–H and O–H groups in total. The highest BCUT2D eigenvalue weighted by atomic mass is 16.5. The Balaban J connectivity index is 1.50. The van der Waals surface area contributed by atoms with E-state index >= 15 is 0 Å². The van der Waals surface area contributed by atoms with Crippen molar-refractivity contribution in [3.05, 3.63) is 48.2 Å². The molecule has 2 unspecified atom stereocenters. The topological polar surface area (TPSA) is 60.9 Å². The number of rotatable bonds is 5. The summed E-state index contributed by atoms with van der Waals surface area (Å²) in [6, 6.07) is 11.4. The lowest BCUT2D eigenvalue weighted by Gasteiger charge is -2.38. The van der Waals surface area contributed by atoms with E-state index < -0.39 is 0 Å². The maximum absolute atomic E-state index is 13.2. The second kappa shape index (κ2) is 7.47. The summed E-state index contributed by atoms with van der Waals surface area (Å²) in [6.07, 6.45) is 5.53. The van der Waals surface area contributed by atoms with Gasteiger partial charge in [-0.2, -0.15) is 0 Å². The van der Waals surface area contributed by atoms with Gasteiger partial charge in [0.1, 0.15) is 17.6 Å². The fourth-order valence-corrected chi connectivity index (χ4v) is 4.22. The standard InChI is InChI=1S/C21H24N2O4/c1-25-17-9-14(10-18(13-17)26-2)21(24)23-15-6-7-16(23)12-19(11-15)27-20-5-3-4-8-22-20/h3-5,8-10,13,15-16,19H,6-7,11-12H2,1-2H3. The molecule has 3 heterocycles. The molecule has 0 spiro atoms. The van der Waals surface area contributed by atoms with Crippen molar-refractivity contribution in [1.82, 2.24) is 9.88 Å². The number of ether oxygens (including phenoxy) is 3. The van der Waals surface area contributed by atoms with Gasteiger partial charge in [-0.15, -0.1) is 0 Å². The number of hydrogen-bond donors (Lipinski definition) is 0. The summed E-state index contributed by atoms with van der Waals surface area (Å²) in [5.41, 5.74) is 0.604. The molecule has 1 aromatic carbocycles. The number of aromatic nitrogens is 1. The van der Waals surface area contributed by atoms with E-state index in [2.05, 4.69) is 4.98 Å². The van der Waals surface area contributed by atoms with E-state index in [1.807, 2.05) is 23.1 Å². The van der Waals surface area contributed by atoms with Crippen molar-refractivity contribution < 1.29 is 19.0 Å². The molecule has 6 heteroatoms. The minimum Gasteiger partial charge on any atom is -0.497 e. The number of pyridine rings is 1. The summed E-state index contributed by atoms with van der Waals surface area (Å²) in [5.74, 6) is 1.94. The van der Waals surface area contributed by atoms with Gasteiger partial charge in [0.25, 0.3) is 5.91 Å². The largest absolute Gasteiger partial charge is 0.497 e. The van der Waals surface area contributed by atoms with Crippen LogP contribution in [0.4, 0.5) is 0 Å². The van der Waals surface area contributed by atoms with Crippen LogP contribution in [0.15, 0.2) is 42.6 Å². The van der Waals surface area contributed by atoms with Crippen molar-refractivity contribution in [3.8, 4) is 17.4 Å². The molecule has 2 aliphatic heterocycles. The van der Waals surface area contributed by atoms with E-state index in [0.29, 0.717) is 22.9 Å². The third-order valence-electron chi connectivity index (χ3n) is 5.45. The van der Waals surface area contributed by atoms with Crippen molar-refractivity contribution in [3.63, 3.8) is 0 Å². The van der Waals surface area contributed by atoms with Crippen LogP contribution in [-0.2, 0) is 0 Å². The zero-order chi connectivity index (χ0) is 18.8. The van der Waals surface area contributed by atoms with E-state index in [4.69, 9.17) is 14.2 Å². The summed E-state index contributed by atoms with van der Waals surface area (Å²) >= 11 is 0. The van der Waals surface area contributed by atoms with Crippen LogP contribution in [0.3, 0.4) is 0 Å². The molecule has 0 aliphatic carbocycles. The van der Waals surface area contributed by atoms with Crippen LogP contribution < -0.4 is 14.2 Å². The van der Waals surface area contributed by atoms with Crippen LogP contribution in [0.1, 0.15) is 36.0 Å². The Kier molecular flexibility index (Phi) is 4.88. The molecule has 4 rings (SSSR count). The summed E-state index contributed by atoms with van der Waals surface area (Å²) in [7, 11) is 3.18. The first-order chi connectivity index (χ1) is 13.2. The van der Waals surface area contributed by atoms with Gasteiger partial charge in [0.15, 0.2) is 0 Å². The number of nitrogens with zero attached hydrogens (tertiary/aromatic N) is 2. The Labute approximate surface area is 159 Å². The number of piperidine rings is 1. The first-order valence-electron chi connectivity index (χ1n) is 9.31. The number of carbonyl (C=O) groups is 1. The van der Waals surface area contributed by atoms with Crippen molar-refractivity contribution in [1.29, 1.82) is 0 Å². The molecule has 1 aromatic heterocycles. The van der Waals surface area contributed by atoms with Gasteiger partial charge in [-0.05, 0) is 31.0 Å². The molecule has 2 aliphatic rings. The fourth-order valence-electron chi connectivity index (χ4n) is 4.22. The lowest BCUT2D eigenvalue weighted by molar-refractivity contribution is 0.0347. The van der Waals surface area contributed by atoms with Gasteiger partial charge in [-0.3, -0.25) is 4.79 Å². The molecular formula is C21H24N2O4. The van der Waals surface area contributed by atoms with E-state index in [0.717, 1.165) is 25.7 Å². The molecule has 0 saturated carbocycles. The molecule has 2 aromatic rings. The number of fused-ring (bicyclic) bond motifs is 2. The van der Waals surface area contributed by atoms with Gasteiger partial charge in [0, 0.05) is 48.8 Å². The molecule has 27 heavy (non-hydrogen) atoms. The first kappa shape index (κ1) is 17.6. The van der Waals surface area contributed by atoms with Crippen molar-refractivity contribution in [2.45, 2.75) is 43.9 Å². The number of benzene rings is 1. The van der Waals surface area contributed by atoms with Gasteiger partial charge in [-0.25, -0.2) is 4.98 Å². The maximum atomic E-state index is 13.2. The van der Waals surface area contributed by atoms with E-state index in [9.17, 15) is 4.79 Å². The average Bonchev–Trinajstić information content (AvgIpc) is 2.98. The Hall–Kier alpha value is -2.76. The molecule has 2 saturated heterocycles. The van der Waals surface area contributed by atoms with Gasteiger partial charge in [0.2, 0.25) is 5.88 Å². The maximum Gasteiger partial charge on any atom is 0.254 e. The third-order valence-corrected chi connectivity index (χ3v) is 5.45. The molecule has 0 radical (unpaired) electrons.